The van der Waals surface area contributed by atoms with Crippen LogP contribution in [0.2, 0.25) is 0 Å². The van der Waals surface area contributed by atoms with Gasteiger partial charge in [0.15, 0.2) is 0 Å². The van der Waals surface area contributed by atoms with Crippen molar-refractivity contribution < 1.29 is 46.1 Å². The molecule has 0 unspecified atom stereocenters. The lowest BCUT2D eigenvalue weighted by atomic mass is 10.1. The van der Waals surface area contributed by atoms with Gasteiger partial charge in [0.25, 0.3) is 0 Å². The summed E-state index contributed by atoms with van der Waals surface area (Å²) in [7, 11) is -2.07. The van der Waals surface area contributed by atoms with Gasteiger partial charge in [0, 0.05) is 32.7 Å². The van der Waals surface area contributed by atoms with Gasteiger partial charge in [-0.15, -0.1) is 0 Å². The highest BCUT2D eigenvalue weighted by atomic mass is 32.2. The van der Waals surface area contributed by atoms with Crippen molar-refractivity contribution in [3.8, 4) is 5.75 Å². The second-order valence-electron chi connectivity index (χ2n) is 7.16. The summed E-state index contributed by atoms with van der Waals surface area (Å²) in [4.78, 5) is 20.4. The molecule has 1 aliphatic heterocycles. The van der Waals surface area contributed by atoms with Gasteiger partial charge < -0.3 is 14.9 Å². The van der Waals surface area contributed by atoms with E-state index < -0.39 is 33.7 Å². The Morgan fingerprint density at radius 1 is 0.912 bits per heavy atom. The Morgan fingerprint density at radius 2 is 1.41 bits per heavy atom. The van der Waals surface area contributed by atoms with Crippen LogP contribution in [0.4, 0.5) is 13.2 Å². The highest BCUT2D eigenvalue weighted by Crippen LogP contribution is 2.29. The number of benzene rings is 2. The maximum absolute atomic E-state index is 12.7. The van der Waals surface area contributed by atoms with E-state index in [1.54, 1.807) is 12.1 Å². The number of carbonyl (C=O) groups is 2. The Hall–Kier alpha value is -3.16. The van der Waals surface area contributed by atoms with Crippen LogP contribution < -0.4 is 4.74 Å². The first kappa shape index (κ1) is 27.1. The highest BCUT2D eigenvalue weighted by molar-refractivity contribution is 7.89. The number of sulfonamides is 1. The molecule has 2 aromatic rings. The van der Waals surface area contributed by atoms with Crippen LogP contribution >= 0.6 is 0 Å². The molecule has 9 nitrogen and oxygen atoms in total. The minimum atomic E-state index is -4.35. The van der Waals surface area contributed by atoms with Gasteiger partial charge in [0.05, 0.1) is 17.6 Å². The second kappa shape index (κ2) is 11.3. The number of rotatable bonds is 5. The van der Waals surface area contributed by atoms with E-state index in [0.29, 0.717) is 38.5 Å². The van der Waals surface area contributed by atoms with Crippen LogP contribution in [-0.4, -0.2) is 73.1 Å². The van der Waals surface area contributed by atoms with E-state index in [-0.39, 0.29) is 4.90 Å². The van der Waals surface area contributed by atoms with E-state index in [1.807, 2.05) is 4.90 Å². The molecule has 0 bridgehead atoms. The Kier molecular flexibility index (Phi) is 9.01. The lowest BCUT2D eigenvalue weighted by Gasteiger charge is -2.34. The monoisotopic (exact) mass is 504 g/mol. The van der Waals surface area contributed by atoms with Crippen molar-refractivity contribution in [3.05, 3.63) is 59.7 Å². The van der Waals surface area contributed by atoms with Crippen LogP contribution in [-0.2, 0) is 32.3 Å². The van der Waals surface area contributed by atoms with Crippen LogP contribution in [0.1, 0.15) is 11.1 Å². The molecular formula is C21H23F3N2O7S. The fourth-order valence-corrected chi connectivity index (χ4v) is 4.50. The van der Waals surface area contributed by atoms with Gasteiger partial charge in [-0.2, -0.15) is 17.5 Å². The molecule has 2 aromatic carbocycles. The quantitative estimate of drug-likeness (QED) is 0.595. The molecule has 1 saturated heterocycles. The van der Waals surface area contributed by atoms with Crippen molar-refractivity contribution in [2.24, 2.45) is 0 Å². The molecule has 0 atom stereocenters. The van der Waals surface area contributed by atoms with Gasteiger partial charge in [-0.1, -0.05) is 12.1 Å². The van der Waals surface area contributed by atoms with E-state index in [0.717, 1.165) is 17.7 Å². The number of nitrogens with zero attached hydrogens (tertiary/aromatic N) is 2. The fraction of sp³-hybridized carbons (Fsp3) is 0.333. The number of alkyl halides is 3. The summed E-state index contributed by atoms with van der Waals surface area (Å²) in [5.74, 6) is -3.06. The first-order chi connectivity index (χ1) is 15.8. The Labute approximate surface area is 194 Å². The first-order valence-corrected chi connectivity index (χ1v) is 11.3. The summed E-state index contributed by atoms with van der Waals surface area (Å²) in [6.07, 6.45) is -4.35. The van der Waals surface area contributed by atoms with Crippen molar-refractivity contribution >= 4 is 22.0 Å². The average Bonchev–Trinajstić information content (AvgIpc) is 2.79. The van der Waals surface area contributed by atoms with E-state index in [9.17, 15) is 21.6 Å². The van der Waals surface area contributed by atoms with Crippen molar-refractivity contribution in [2.75, 3.05) is 33.3 Å². The molecule has 0 amide bonds. The Balaban J connectivity index is 0.000000604. The Bertz CT molecular complexity index is 1070. The molecule has 186 valence electrons. The summed E-state index contributed by atoms with van der Waals surface area (Å²) in [5.41, 5.74) is 0.0890. The molecule has 0 spiro atoms. The largest absolute Gasteiger partial charge is 0.497 e. The van der Waals surface area contributed by atoms with Gasteiger partial charge in [-0.25, -0.2) is 18.0 Å². The number of methoxy groups -OCH3 is 1. The van der Waals surface area contributed by atoms with E-state index >= 15 is 0 Å². The van der Waals surface area contributed by atoms with Gasteiger partial charge >= 0.3 is 18.1 Å². The maximum Gasteiger partial charge on any atom is 0.416 e. The molecule has 1 aliphatic rings. The van der Waals surface area contributed by atoms with Crippen LogP contribution in [0.15, 0.2) is 53.4 Å². The number of piperazine rings is 1. The minimum Gasteiger partial charge on any atom is -0.497 e. The predicted molar refractivity (Wildman–Crippen MR) is 114 cm³/mol. The van der Waals surface area contributed by atoms with Crippen molar-refractivity contribution in [2.45, 2.75) is 17.6 Å². The molecule has 0 radical (unpaired) electrons. The third kappa shape index (κ3) is 7.43. The second-order valence-corrected chi connectivity index (χ2v) is 9.10. The zero-order valence-corrected chi connectivity index (χ0v) is 18.8. The molecule has 13 heteroatoms. The molecule has 2 N–H and O–H groups in total. The molecule has 1 fully saturated rings. The third-order valence-electron chi connectivity index (χ3n) is 4.90. The minimum absolute atomic E-state index is 0.212. The number of hydrogen-bond acceptors (Lipinski definition) is 6. The maximum atomic E-state index is 12.7. The summed E-state index contributed by atoms with van der Waals surface area (Å²) in [5, 5.41) is 14.8. The van der Waals surface area contributed by atoms with E-state index in [2.05, 4.69) is 0 Å². The van der Waals surface area contributed by atoms with Gasteiger partial charge in [-0.05, 0) is 42.0 Å². The molecule has 0 saturated carbocycles. The van der Waals surface area contributed by atoms with E-state index in [1.165, 1.54) is 35.7 Å². The van der Waals surface area contributed by atoms with Gasteiger partial charge in [0.2, 0.25) is 10.0 Å². The lowest BCUT2D eigenvalue weighted by Crippen LogP contribution is -2.48. The van der Waals surface area contributed by atoms with Crippen LogP contribution in [0, 0.1) is 0 Å². The predicted octanol–water partition coefficient (Wildman–Crippen LogP) is 2.38. The number of aliphatic carboxylic acids is 2. The van der Waals surface area contributed by atoms with Crippen molar-refractivity contribution in [3.63, 3.8) is 0 Å². The zero-order valence-electron chi connectivity index (χ0n) is 18.0. The highest BCUT2D eigenvalue weighted by Gasteiger charge is 2.31. The number of carboxylic acid groups (broad SMARTS) is 2. The molecule has 0 aliphatic carbocycles. The Morgan fingerprint density at radius 3 is 1.82 bits per heavy atom. The lowest BCUT2D eigenvalue weighted by molar-refractivity contribution is -0.159. The summed E-state index contributed by atoms with van der Waals surface area (Å²) in [6.45, 7) is 2.16. The summed E-state index contributed by atoms with van der Waals surface area (Å²) < 4.78 is 69.9. The molecule has 3 rings (SSSR count). The van der Waals surface area contributed by atoms with Crippen molar-refractivity contribution in [1.82, 2.24) is 9.21 Å². The van der Waals surface area contributed by atoms with Gasteiger partial charge in [0.1, 0.15) is 5.75 Å². The average molecular weight is 504 g/mol. The standard InChI is InChI=1S/C19H21F3N2O3S.C2H2O4/c1-27-17-6-8-18(9-7-17)28(25,26)24-12-10-23(11-13-24)14-15-2-4-16(5-3-15)19(20,21)22;3-1(4)2(5)6/h2-9H,10-14H2,1H3;(H,3,4)(H,5,6). The van der Waals surface area contributed by atoms with Gasteiger partial charge in [-0.3, -0.25) is 4.90 Å². The normalized spacial score (nSPS) is 15.2. The topological polar surface area (TPSA) is 124 Å². The number of hydrogen-bond donors (Lipinski definition) is 2. The van der Waals surface area contributed by atoms with Crippen LogP contribution in [0.25, 0.3) is 0 Å². The van der Waals surface area contributed by atoms with Crippen molar-refractivity contribution in [1.29, 1.82) is 0 Å². The zero-order chi connectivity index (χ0) is 25.5. The SMILES string of the molecule is COc1ccc(S(=O)(=O)N2CCN(Cc3ccc(C(F)(F)F)cc3)CC2)cc1.O=C(O)C(=O)O. The fourth-order valence-electron chi connectivity index (χ4n) is 3.08. The smallest absolute Gasteiger partial charge is 0.416 e. The molecule has 0 aromatic heterocycles. The van der Waals surface area contributed by atoms with Crippen LogP contribution in [0.3, 0.4) is 0 Å². The number of halogens is 3. The summed E-state index contributed by atoms with van der Waals surface area (Å²) >= 11 is 0. The summed E-state index contributed by atoms with van der Waals surface area (Å²) in [6, 6.07) is 11.3. The molecule has 1 heterocycles. The molecule has 34 heavy (non-hydrogen) atoms. The first-order valence-electron chi connectivity index (χ1n) is 9.83. The van der Waals surface area contributed by atoms with E-state index in [4.69, 9.17) is 24.5 Å². The van der Waals surface area contributed by atoms with Crippen LogP contribution in [0.5, 0.6) is 5.75 Å². The third-order valence-corrected chi connectivity index (χ3v) is 6.81. The number of ether oxygens (including phenoxy) is 1. The number of carboxylic acids is 2. The molecular weight excluding hydrogens is 481 g/mol.